The molecule has 132 valence electrons. The lowest BCUT2D eigenvalue weighted by Gasteiger charge is -2.11. The molecule has 0 spiro atoms. The van der Waals surface area contributed by atoms with Gasteiger partial charge < -0.3 is 14.8 Å². The van der Waals surface area contributed by atoms with Crippen LogP contribution >= 0.6 is 51.3 Å². The van der Waals surface area contributed by atoms with Crippen molar-refractivity contribution in [1.29, 1.82) is 0 Å². The Morgan fingerprint density at radius 1 is 1.16 bits per heavy atom. The van der Waals surface area contributed by atoms with Crippen molar-refractivity contribution in [2.75, 3.05) is 19.5 Å². The minimum Gasteiger partial charge on any atom is -0.497 e. The molecule has 0 atom stereocenters. The predicted octanol–water partition coefficient (Wildman–Crippen LogP) is 6.01. The van der Waals surface area contributed by atoms with Crippen molar-refractivity contribution in [1.82, 2.24) is 0 Å². The fraction of sp³-hybridized carbons (Fsp3) is 0.118. The third-order valence-electron chi connectivity index (χ3n) is 3.45. The molecule has 1 aromatic heterocycles. The Bertz CT molecular complexity index is 930. The molecule has 0 saturated heterocycles. The molecule has 0 unspecified atom stereocenters. The Hall–Kier alpha value is -1.47. The van der Waals surface area contributed by atoms with Gasteiger partial charge in [-0.15, -0.1) is 23.7 Å². The maximum atomic E-state index is 12.7. The third kappa shape index (κ3) is 4.03. The van der Waals surface area contributed by atoms with E-state index < -0.39 is 0 Å². The first kappa shape index (κ1) is 19.8. The number of anilines is 1. The van der Waals surface area contributed by atoms with Gasteiger partial charge in [-0.2, -0.15) is 0 Å². The van der Waals surface area contributed by atoms with Crippen molar-refractivity contribution in [2.24, 2.45) is 0 Å². The molecular weight excluding hydrogens is 449 g/mol. The fourth-order valence-electron chi connectivity index (χ4n) is 2.28. The Kier molecular flexibility index (Phi) is 6.57. The molecule has 0 bridgehead atoms. The smallest absolute Gasteiger partial charge is 0.267 e. The van der Waals surface area contributed by atoms with Crippen molar-refractivity contribution in [3.63, 3.8) is 0 Å². The fourth-order valence-corrected chi connectivity index (χ4v) is 4.24. The number of amides is 1. The van der Waals surface area contributed by atoms with Crippen LogP contribution in [0.5, 0.6) is 11.5 Å². The molecule has 3 aromatic rings. The van der Waals surface area contributed by atoms with Gasteiger partial charge in [-0.3, -0.25) is 4.79 Å². The predicted molar refractivity (Wildman–Crippen MR) is 109 cm³/mol. The lowest BCUT2D eigenvalue weighted by Crippen LogP contribution is -2.11. The monoisotopic (exact) mass is 461 g/mol. The van der Waals surface area contributed by atoms with Crippen LogP contribution in [-0.4, -0.2) is 20.1 Å². The van der Waals surface area contributed by atoms with Gasteiger partial charge in [0.1, 0.15) is 16.4 Å². The number of halogens is 3. The number of carbonyl (C=O) groups is 1. The molecule has 25 heavy (non-hydrogen) atoms. The molecule has 0 radical (unpaired) electrons. The van der Waals surface area contributed by atoms with Crippen molar-refractivity contribution >= 4 is 73.0 Å². The highest BCUT2D eigenvalue weighted by atomic mass is 79.9. The number of hydrogen-bond acceptors (Lipinski definition) is 4. The summed E-state index contributed by atoms with van der Waals surface area (Å²) in [6.45, 7) is 0. The van der Waals surface area contributed by atoms with E-state index in [9.17, 15) is 4.79 Å². The highest BCUT2D eigenvalue weighted by Crippen LogP contribution is 2.38. The summed E-state index contributed by atoms with van der Waals surface area (Å²) in [5.41, 5.74) is 0.525. The number of benzene rings is 2. The van der Waals surface area contributed by atoms with Crippen molar-refractivity contribution in [3.05, 3.63) is 50.8 Å². The maximum Gasteiger partial charge on any atom is 0.267 e. The normalized spacial score (nSPS) is 10.2. The van der Waals surface area contributed by atoms with Crippen LogP contribution in [-0.2, 0) is 0 Å². The number of ether oxygens (including phenoxy) is 2. The number of methoxy groups -OCH3 is 2. The summed E-state index contributed by atoms with van der Waals surface area (Å²) in [5, 5.41) is 4.14. The van der Waals surface area contributed by atoms with Crippen LogP contribution in [0.1, 0.15) is 9.67 Å². The Balaban J connectivity index is 0.00000225. The van der Waals surface area contributed by atoms with E-state index in [1.165, 1.54) is 11.3 Å². The van der Waals surface area contributed by atoms with Gasteiger partial charge in [-0.1, -0.05) is 33.6 Å². The van der Waals surface area contributed by atoms with Gasteiger partial charge in [0, 0.05) is 20.6 Å². The van der Waals surface area contributed by atoms with Gasteiger partial charge in [0.25, 0.3) is 5.91 Å². The number of fused-ring (bicyclic) bond motifs is 1. The quantitative estimate of drug-likeness (QED) is 0.516. The molecule has 1 heterocycles. The molecule has 4 nitrogen and oxygen atoms in total. The van der Waals surface area contributed by atoms with E-state index in [1.807, 2.05) is 18.2 Å². The highest BCUT2D eigenvalue weighted by Gasteiger charge is 2.19. The van der Waals surface area contributed by atoms with Crippen LogP contribution in [0, 0.1) is 0 Å². The van der Waals surface area contributed by atoms with Crippen molar-refractivity contribution in [3.8, 4) is 11.5 Å². The summed E-state index contributed by atoms with van der Waals surface area (Å²) in [7, 11) is 3.11. The van der Waals surface area contributed by atoms with Crippen LogP contribution < -0.4 is 14.8 Å². The van der Waals surface area contributed by atoms with Crippen LogP contribution in [0.15, 0.2) is 40.9 Å². The molecule has 3 rings (SSSR count). The van der Waals surface area contributed by atoms with Crippen LogP contribution in [0.3, 0.4) is 0 Å². The summed E-state index contributed by atoms with van der Waals surface area (Å²) < 4.78 is 12.4. The minimum atomic E-state index is -0.288. The Labute approximate surface area is 168 Å². The molecule has 1 N–H and O–H groups in total. The van der Waals surface area contributed by atoms with Crippen LogP contribution in [0.25, 0.3) is 10.1 Å². The average Bonchev–Trinajstić information content (AvgIpc) is 2.90. The van der Waals surface area contributed by atoms with Crippen molar-refractivity contribution < 1.29 is 14.3 Å². The van der Waals surface area contributed by atoms with Crippen LogP contribution in [0.4, 0.5) is 5.69 Å². The van der Waals surface area contributed by atoms with E-state index in [1.54, 1.807) is 32.4 Å². The summed E-state index contributed by atoms with van der Waals surface area (Å²) in [4.78, 5) is 13.1. The largest absolute Gasteiger partial charge is 0.497 e. The standard InChI is InChI=1S/C17H13BrClNO3S.ClH/c1-22-10-4-6-13(23-2)12(8-10)20-17(21)16-15(19)11-5-3-9(18)7-14(11)24-16;/h3-8H,1-2H3,(H,20,21);1H. The average molecular weight is 463 g/mol. The molecule has 8 heteroatoms. The zero-order valence-electron chi connectivity index (χ0n) is 13.3. The molecular formula is C17H14BrCl2NO3S. The second-order valence-corrected chi connectivity index (χ2v) is 7.25. The number of nitrogens with one attached hydrogen (secondary N) is 1. The molecule has 1 amide bonds. The number of rotatable bonds is 4. The topological polar surface area (TPSA) is 47.6 Å². The maximum absolute atomic E-state index is 12.7. The van der Waals surface area contributed by atoms with Gasteiger partial charge in [0.15, 0.2) is 0 Å². The zero-order chi connectivity index (χ0) is 17.3. The number of hydrogen-bond donors (Lipinski definition) is 1. The first-order valence-electron chi connectivity index (χ1n) is 6.94. The SMILES string of the molecule is COc1ccc(OC)c(NC(=O)c2sc3cc(Br)ccc3c2Cl)c1.Cl. The summed E-state index contributed by atoms with van der Waals surface area (Å²) >= 11 is 11.1. The van der Waals surface area contributed by atoms with Crippen molar-refractivity contribution in [2.45, 2.75) is 0 Å². The van der Waals surface area contributed by atoms with E-state index in [0.29, 0.717) is 27.1 Å². The second-order valence-electron chi connectivity index (χ2n) is 4.91. The lowest BCUT2D eigenvalue weighted by molar-refractivity contribution is 0.103. The number of thiophene rings is 1. The summed E-state index contributed by atoms with van der Waals surface area (Å²) in [5.74, 6) is 0.880. The first-order chi connectivity index (χ1) is 11.5. The number of carbonyl (C=O) groups excluding carboxylic acids is 1. The summed E-state index contributed by atoms with van der Waals surface area (Å²) in [6, 6.07) is 10.9. The van der Waals surface area contributed by atoms with E-state index in [2.05, 4.69) is 21.2 Å². The Morgan fingerprint density at radius 2 is 1.92 bits per heavy atom. The summed E-state index contributed by atoms with van der Waals surface area (Å²) in [6.07, 6.45) is 0. The molecule has 2 aromatic carbocycles. The van der Waals surface area contributed by atoms with Crippen LogP contribution in [0.2, 0.25) is 5.02 Å². The molecule has 0 aliphatic rings. The van der Waals surface area contributed by atoms with Gasteiger partial charge in [0.2, 0.25) is 0 Å². The minimum absolute atomic E-state index is 0. The van der Waals surface area contributed by atoms with Gasteiger partial charge in [-0.25, -0.2) is 0 Å². The molecule has 0 aliphatic carbocycles. The van der Waals surface area contributed by atoms with E-state index in [-0.39, 0.29) is 18.3 Å². The molecule has 0 aliphatic heterocycles. The van der Waals surface area contributed by atoms with Gasteiger partial charge in [-0.05, 0) is 24.3 Å². The lowest BCUT2D eigenvalue weighted by atomic mass is 10.2. The zero-order valence-corrected chi connectivity index (χ0v) is 17.2. The van der Waals surface area contributed by atoms with E-state index in [4.69, 9.17) is 21.1 Å². The highest BCUT2D eigenvalue weighted by molar-refractivity contribution is 9.10. The third-order valence-corrected chi connectivity index (χ3v) is 5.60. The van der Waals surface area contributed by atoms with E-state index >= 15 is 0 Å². The second kappa shape index (κ2) is 8.27. The van der Waals surface area contributed by atoms with Gasteiger partial charge >= 0.3 is 0 Å². The Morgan fingerprint density at radius 3 is 2.60 bits per heavy atom. The first-order valence-corrected chi connectivity index (χ1v) is 8.93. The molecule has 0 fully saturated rings. The van der Waals surface area contributed by atoms with Gasteiger partial charge in [0.05, 0.1) is 24.9 Å². The molecule has 0 saturated carbocycles. The van der Waals surface area contributed by atoms with E-state index in [0.717, 1.165) is 14.6 Å².